The van der Waals surface area contributed by atoms with Gasteiger partial charge in [-0.25, -0.2) is 5.84 Å². The highest BCUT2D eigenvalue weighted by Gasteiger charge is 2.00. The Bertz CT molecular complexity index is 346. The van der Waals surface area contributed by atoms with Crippen molar-refractivity contribution in [3.05, 3.63) is 35.4 Å². The summed E-state index contributed by atoms with van der Waals surface area (Å²) in [6, 6.07) is 5.85. The van der Waals surface area contributed by atoms with Crippen molar-refractivity contribution in [2.24, 2.45) is 5.84 Å². The maximum Gasteiger partial charge on any atom is 0.238 e. The van der Waals surface area contributed by atoms with Crippen molar-refractivity contribution in [2.45, 2.75) is 6.42 Å². The highest BCUT2D eigenvalue weighted by atomic mass is 16.4. The van der Waals surface area contributed by atoms with Crippen LogP contribution in [0, 0.1) is 0 Å². The van der Waals surface area contributed by atoms with Gasteiger partial charge in [0.15, 0.2) is 0 Å². The lowest BCUT2D eigenvalue weighted by Crippen LogP contribution is -2.31. The van der Waals surface area contributed by atoms with E-state index in [1.165, 1.54) is 12.1 Å². The molecule has 0 saturated carbocycles. The zero-order valence-corrected chi connectivity index (χ0v) is 7.32. The standard InChI is InChI=1S/C9H10N2O3/c10-11-8(12)5-6-1-3-7(4-2-6)9(13)14/h1-4H,5,10H2,(H,11,12)(H,13,14)/p-1. The van der Waals surface area contributed by atoms with E-state index in [2.05, 4.69) is 0 Å². The molecule has 1 rings (SSSR count). The molecule has 1 aromatic rings. The predicted molar refractivity (Wildman–Crippen MR) is 46.8 cm³/mol. The summed E-state index contributed by atoms with van der Waals surface area (Å²) in [6.45, 7) is 0. The highest BCUT2D eigenvalue weighted by Crippen LogP contribution is 2.04. The summed E-state index contributed by atoms with van der Waals surface area (Å²) < 4.78 is 0. The maximum absolute atomic E-state index is 10.8. The molecule has 0 spiro atoms. The van der Waals surface area contributed by atoms with E-state index < -0.39 is 5.97 Å². The number of hydrazine groups is 1. The fraction of sp³-hybridized carbons (Fsp3) is 0.111. The van der Waals surface area contributed by atoms with Crippen molar-refractivity contribution in [2.75, 3.05) is 0 Å². The Labute approximate surface area is 80.5 Å². The quantitative estimate of drug-likeness (QED) is 0.350. The first kappa shape index (κ1) is 10.2. The number of carbonyl (C=O) groups is 2. The monoisotopic (exact) mass is 193 g/mol. The van der Waals surface area contributed by atoms with Gasteiger partial charge in [0.05, 0.1) is 12.4 Å². The van der Waals surface area contributed by atoms with Gasteiger partial charge in [0.1, 0.15) is 0 Å². The van der Waals surface area contributed by atoms with Crippen molar-refractivity contribution in [1.82, 2.24) is 5.43 Å². The number of carboxylic acid groups (broad SMARTS) is 1. The molecule has 0 unspecified atom stereocenters. The molecule has 5 nitrogen and oxygen atoms in total. The Morgan fingerprint density at radius 1 is 1.29 bits per heavy atom. The maximum atomic E-state index is 10.8. The number of hydrogen-bond donors (Lipinski definition) is 2. The van der Waals surface area contributed by atoms with Crippen molar-refractivity contribution in [3.63, 3.8) is 0 Å². The van der Waals surface area contributed by atoms with E-state index in [0.717, 1.165) is 0 Å². The largest absolute Gasteiger partial charge is 0.545 e. The Balaban J connectivity index is 2.73. The van der Waals surface area contributed by atoms with E-state index in [4.69, 9.17) is 5.84 Å². The van der Waals surface area contributed by atoms with Crippen molar-refractivity contribution >= 4 is 11.9 Å². The van der Waals surface area contributed by atoms with Crippen molar-refractivity contribution in [1.29, 1.82) is 0 Å². The van der Waals surface area contributed by atoms with Crippen LogP contribution in [0.1, 0.15) is 15.9 Å². The zero-order valence-electron chi connectivity index (χ0n) is 7.32. The van der Waals surface area contributed by atoms with Crippen LogP contribution in [0.15, 0.2) is 24.3 Å². The molecule has 0 fully saturated rings. The van der Waals surface area contributed by atoms with Crippen LogP contribution < -0.4 is 16.4 Å². The smallest absolute Gasteiger partial charge is 0.238 e. The highest BCUT2D eigenvalue weighted by molar-refractivity contribution is 5.86. The van der Waals surface area contributed by atoms with Crippen LogP contribution in [0.3, 0.4) is 0 Å². The minimum Gasteiger partial charge on any atom is -0.545 e. The molecular weight excluding hydrogens is 184 g/mol. The Kier molecular flexibility index (Phi) is 3.19. The SMILES string of the molecule is NNC(=O)Cc1ccc(C(=O)[O-])cc1. The number of amides is 1. The topological polar surface area (TPSA) is 95.2 Å². The average Bonchev–Trinajstić information content (AvgIpc) is 2.18. The van der Waals surface area contributed by atoms with Gasteiger partial charge in [-0.05, 0) is 11.1 Å². The third-order valence-corrected chi connectivity index (χ3v) is 1.72. The van der Waals surface area contributed by atoms with Crippen LogP contribution in [0.25, 0.3) is 0 Å². The lowest BCUT2D eigenvalue weighted by atomic mass is 10.1. The summed E-state index contributed by atoms with van der Waals surface area (Å²) in [5.74, 6) is 3.33. The molecule has 0 aliphatic carbocycles. The first-order valence-corrected chi connectivity index (χ1v) is 3.93. The third-order valence-electron chi connectivity index (χ3n) is 1.72. The van der Waals surface area contributed by atoms with Crippen LogP contribution in [0.4, 0.5) is 0 Å². The summed E-state index contributed by atoms with van der Waals surface area (Å²) in [7, 11) is 0. The van der Waals surface area contributed by atoms with Crippen LogP contribution >= 0.6 is 0 Å². The van der Waals surface area contributed by atoms with E-state index in [1.807, 2.05) is 5.43 Å². The van der Waals surface area contributed by atoms with Gasteiger partial charge in [-0.3, -0.25) is 10.2 Å². The molecule has 0 aliphatic rings. The van der Waals surface area contributed by atoms with Gasteiger partial charge in [-0.15, -0.1) is 0 Å². The first-order chi connectivity index (χ1) is 6.63. The fourth-order valence-electron chi connectivity index (χ4n) is 0.995. The molecule has 74 valence electrons. The second kappa shape index (κ2) is 4.38. The summed E-state index contributed by atoms with van der Waals surface area (Å²) >= 11 is 0. The molecule has 0 bridgehead atoms. The van der Waals surface area contributed by atoms with Crippen molar-refractivity contribution < 1.29 is 14.7 Å². The second-order valence-electron chi connectivity index (χ2n) is 2.73. The Hall–Kier alpha value is -1.88. The number of benzene rings is 1. The lowest BCUT2D eigenvalue weighted by Gasteiger charge is -2.03. The van der Waals surface area contributed by atoms with Crippen molar-refractivity contribution in [3.8, 4) is 0 Å². The normalized spacial score (nSPS) is 9.50. The first-order valence-electron chi connectivity index (χ1n) is 3.93. The van der Waals surface area contributed by atoms with E-state index in [0.29, 0.717) is 5.56 Å². The molecule has 0 aromatic heterocycles. The van der Waals surface area contributed by atoms with Crippen LogP contribution in [-0.4, -0.2) is 11.9 Å². The Morgan fingerprint density at radius 2 is 1.86 bits per heavy atom. The summed E-state index contributed by atoms with van der Waals surface area (Å²) in [5, 5.41) is 10.4. The molecule has 0 saturated heterocycles. The predicted octanol–water partition coefficient (Wildman–Crippen LogP) is -1.42. The second-order valence-corrected chi connectivity index (χ2v) is 2.73. The average molecular weight is 193 g/mol. The van der Waals surface area contributed by atoms with Gasteiger partial charge in [0, 0.05) is 0 Å². The fourth-order valence-corrected chi connectivity index (χ4v) is 0.995. The number of carbonyl (C=O) groups excluding carboxylic acids is 2. The molecular formula is C9H9N2O3-. The molecule has 0 heterocycles. The number of hydrogen-bond acceptors (Lipinski definition) is 4. The summed E-state index contributed by atoms with van der Waals surface area (Å²) in [6.07, 6.45) is 0.129. The number of aromatic carboxylic acids is 1. The minimum atomic E-state index is -1.24. The van der Waals surface area contributed by atoms with Gasteiger partial charge < -0.3 is 9.90 Å². The van der Waals surface area contributed by atoms with Gasteiger partial charge >= 0.3 is 0 Å². The van der Waals surface area contributed by atoms with Crippen LogP contribution in [-0.2, 0) is 11.2 Å². The molecule has 0 radical (unpaired) electrons. The Morgan fingerprint density at radius 3 is 2.29 bits per heavy atom. The lowest BCUT2D eigenvalue weighted by molar-refractivity contribution is -0.255. The number of rotatable bonds is 3. The van der Waals surface area contributed by atoms with Gasteiger partial charge in [-0.1, -0.05) is 24.3 Å². The zero-order chi connectivity index (χ0) is 10.6. The van der Waals surface area contributed by atoms with Crippen LogP contribution in [0.2, 0.25) is 0 Å². The van der Waals surface area contributed by atoms with E-state index in [-0.39, 0.29) is 17.9 Å². The number of nitrogens with one attached hydrogen (secondary N) is 1. The van der Waals surface area contributed by atoms with Gasteiger partial charge in [-0.2, -0.15) is 0 Å². The number of carboxylic acids is 1. The van der Waals surface area contributed by atoms with E-state index >= 15 is 0 Å². The third kappa shape index (κ3) is 2.56. The molecule has 0 atom stereocenters. The minimum absolute atomic E-state index is 0.0851. The molecule has 1 amide bonds. The molecule has 5 heteroatoms. The van der Waals surface area contributed by atoms with E-state index in [1.54, 1.807) is 12.1 Å². The van der Waals surface area contributed by atoms with Gasteiger partial charge in [0.25, 0.3) is 0 Å². The molecule has 1 aromatic carbocycles. The molecule has 0 aliphatic heterocycles. The van der Waals surface area contributed by atoms with E-state index in [9.17, 15) is 14.7 Å². The summed E-state index contributed by atoms with van der Waals surface area (Å²) in [4.78, 5) is 21.2. The van der Waals surface area contributed by atoms with Gasteiger partial charge in [0.2, 0.25) is 5.91 Å². The molecule has 3 N–H and O–H groups in total. The molecule has 14 heavy (non-hydrogen) atoms. The summed E-state index contributed by atoms with van der Waals surface area (Å²) in [5.41, 5.74) is 2.76. The van der Waals surface area contributed by atoms with Crippen LogP contribution in [0.5, 0.6) is 0 Å². The number of nitrogens with two attached hydrogens (primary N) is 1.